The third kappa shape index (κ3) is 2.76. The second-order valence-corrected chi connectivity index (χ2v) is 4.26. The number of hydrogen-bond donors (Lipinski definition) is 1. The lowest BCUT2D eigenvalue weighted by molar-refractivity contribution is 0.0637. The van der Waals surface area contributed by atoms with Crippen LogP contribution in [0.3, 0.4) is 0 Å². The summed E-state index contributed by atoms with van der Waals surface area (Å²) in [5.41, 5.74) is 0.416. The van der Waals surface area contributed by atoms with Crippen LogP contribution in [0, 0.1) is 0 Å². The van der Waals surface area contributed by atoms with Gasteiger partial charge in [0.05, 0.1) is 12.4 Å². The minimum absolute atomic E-state index is 0.0269. The van der Waals surface area contributed by atoms with Crippen molar-refractivity contribution in [3.05, 3.63) is 18.1 Å². The molecular weight excluding hydrogens is 230 g/mol. The summed E-state index contributed by atoms with van der Waals surface area (Å²) in [5, 5.41) is 2.88. The molecule has 1 aromatic heterocycles. The van der Waals surface area contributed by atoms with Crippen molar-refractivity contribution in [2.24, 2.45) is 0 Å². The van der Waals surface area contributed by atoms with E-state index in [1.165, 1.54) is 6.20 Å². The van der Waals surface area contributed by atoms with Gasteiger partial charge in [-0.25, -0.2) is 9.97 Å². The Morgan fingerprint density at radius 2 is 2.00 bits per heavy atom. The fourth-order valence-electron chi connectivity index (χ4n) is 2.00. The SMILES string of the molecule is CCN1CCN(C(=O)c2cnc(NC)cn2)CC1. The molecule has 98 valence electrons. The molecule has 0 spiro atoms. The third-order valence-electron chi connectivity index (χ3n) is 3.23. The average Bonchev–Trinajstić information content (AvgIpc) is 2.47. The number of anilines is 1. The van der Waals surface area contributed by atoms with Crippen molar-refractivity contribution in [1.29, 1.82) is 0 Å². The minimum Gasteiger partial charge on any atom is -0.372 e. The van der Waals surface area contributed by atoms with E-state index in [9.17, 15) is 4.79 Å². The van der Waals surface area contributed by atoms with Crippen molar-refractivity contribution in [2.45, 2.75) is 6.92 Å². The zero-order valence-corrected chi connectivity index (χ0v) is 10.9. The number of rotatable bonds is 3. The van der Waals surface area contributed by atoms with Crippen molar-refractivity contribution < 1.29 is 4.79 Å². The Bertz CT molecular complexity index is 397. The van der Waals surface area contributed by atoms with E-state index in [-0.39, 0.29) is 5.91 Å². The number of aromatic nitrogens is 2. The Morgan fingerprint density at radius 1 is 1.28 bits per heavy atom. The van der Waals surface area contributed by atoms with E-state index in [0.717, 1.165) is 32.7 Å². The highest BCUT2D eigenvalue weighted by Crippen LogP contribution is 2.07. The molecule has 18 heavy (non-hydrogen) atoms. The molecule has 0 radical (unpaired) electrons. The van der Waals surface area contributed by atoms with Crippen LogP contribution in [0.25, 0.3) is 0 Å². The van der Waals surface area contributed by atoms with Gasteiger partial charge in [-0.05, 0) is 6.54 Å². The van der Waals surface area contributed by atoms with Crippen LogP contribution in [-0.2, 0) is 0 Å². The summed E-state index contributed by atoms with van der Waals surface area (Å²) < 4.78 is 0. The highest BCUT2D eigenvalue weighted by molar-refractivity contribution is 5.92. The monoisotopic (exact) mass is 249 g/mol. The van der Waals surface area contributed by atoms with Crippen LogP contribution in [0.4, 0.5) is 5.82 Å². The van der Waals surface area contributed by atoms with Crippen molar-refractivity contribution in [3.8, 4) is 0 Å². The Balaban J connectivity index is 1.98. The van der Waals surface area contributed by atoms with E-state index in [2.05, 4.69) is 27.1 Å². The van der Waals surface area contributed by atoms with Gasteiger partial charge in [-0.1, -0.05) is 6.92 Å². The molecule has 1 N–H and O–H groups in total. The number of likely N-dealkylation sites (N-methyl/N-ethyl adjacent to an activating group) is 1. The minimum atomic E-state index is -0.0269. The van der Waals surface area contributed by atoms with Gasteiger partial charge in [0.25, 0.3) is 5.91 Å². The number of nitrogens with zero attached hydrogens (tertiary/aromatic N) is 4. The highest BCUT2D eigenvalue weighted by atomic mass is 16.2. The summed E-state index contributed by atoms with van der Waals surface area (Å²) in [5.74, 6) is 0.642. The average molecular weight is 249 g/mol. The Hall–Kier alpha value is -1.69. The zero-order chi connectivity index (χ0) is 13.0. The second-order valence-electron chi connectivity index (χ2n) is 4.26. The lowest BCUT2D eigenvalue weighted by atomic mass is 10.3. The Kier molecular flexibility index (Phi) is 4.09. The van der Waals surface area contributed by atoms with Crippen molar-refractivity contribution in [3.63, 3.8) is 0 Å². The molecule has 1 amide bonds. The molecule has 0 atom stereocenters. The molecule has 1 aliphatic rings. The molecule has 0 aromatic carbocycles. The van der Waals surface area contributed by atoms with Gasteiger partial charge in [-0.3, -0.25) is 4.79 Å². The molecule has 0 unspecified atom stereocenters. The van der Waals surface area contributed by atoms with E-state index in [1.54, 1.807) is 13.2 Å². The lowest BCUT2D eigenvalue weighted by Gasteiger charge is -2.33. The number of carbonyl (C=O) groups is 1. The van der Waals surface area contributed by atoms with E-state index in [1.807, 2.05) is 4.90 Å². The molecule has 1 aliphatic heterocycles. The highest BCUT2D eigenvalue weighted by Gasteiger charge is 2.22. The fourth-order valence-corrected chi connectivity index (χ4v) is 2.00. The number of carbonyl (C=O) groups excluding carboxylic acids is 1. The smallest absolute Gasteiger partial charge is 0.274 e. The van der Waals surface area contributed by atoms with Gasteiger partial charge >= 0.3 is 0 Å². The normalized spacial score (nSPS) is 16.7. The summed E-state index contributed by atoms with van der Waals surface area (Å²) in [6, 6.07) is 0. The molecular formula is C12H19N5O. The van der Waals surface area contributed by atoms with Crippen LogP contribution in [0.2, 0.25) is 0 Å². The predicted octanol–water partition coefficient (Wildman–Crippen LogP) is 0.296. The maximum absolute atomic E-state index is 12.2. The topological polar surface area (TPSA) is 61.4 Å². The van der Waals surface area contributed by atoms with Gasteiger partial charge in [-0.15, -0.1) is 0 Å². The van der Waals surface area contributed by atoms with E-state index >= 15 is 0 Å². The van der Waals surface area contributed by atoms with Crippen LogP contribution < -0.4 is 5.32 Å². The molecule has 0 bridgehead atoms. The van der Waals surface area contributed by atoms with Gasteiger partial charge in [-0.2, -0.15) is 0 Å². The third-order valence-corrected chi connectivity index (χ3v) is 3.23. The first-order valence-electron chi connectivity index (χ1n) is 6.26. The second kappa shape index (κ2) is 5.77. The van der Waals surface area contributed by atoms with Gasteiger partial charge in [0, 0.05) is 33.2 Å². The predicted molar refractivity (Wildman–Crippen MR) is 69.6 cm³/mol. The molecule has 6 heteroatoms. The summed E-state index contributed by atoms with van der Waals surface area (Å²) in [7, 11) is 1.77. The molecule has 0 saturated carbocycles. The first-order valence-corrected chi connectivity index (χ1v) is 6.26. The lowest BCUT2D eigenvalue weighted by Crippen LogP contribution is -2.48. The van der Waals surface area contributed by atoms with Gasteiger partial charge in [0.15, 0.2) is 0 Å². The Morgan fingerprint density at radius 3 is 2.50 bits per heavy atom. The van der Waals surface area contributed by atoms with Crippen LogP contribution in [0.5, 0.6) is 0 Å². The number of hydrogen-bond acceptors (Lipinski definition) is 5. The first-order chi connectivity index (χ1) is 8.74. The molecule has 1 saturated heterocycles. The zero-order valence-electron chi connectivity index (χ0n) is 10.9. The standard InChI is InChI=1S/C12H19N5O/c1-3-16-4-6-17(7-5-16)12(18)10-8-15-11(13-2)9-14-10/h8-9H,3-7H2,1-2H3,(H,13,15). The van der Waals surface area contributed by atoms with Gasteiger partial charge < -0.3 is 15.1 Å². The quantitative estimate of drug-likeness (QED) is 0.834. The molecule has 6 nitrogen and oxygen atoms in total. The van der Waals surface area contributed by atoms with Crippen LogP contribution in [-0.4, -0.2) is 65.4 Å². The maximum atomic E-state index is 12.2. The van der Waals surface area contributed by atoms with Crippen LogP contribution in [0.15, 0.2) is 12.4 Å². The number of amides is 1. The Labute approximate surface area is 107 Å². The largest absolute Gasteiger partial charge is 0.372 e. The number of nitrogens with one attached hydrogen (secondary N) is 1. The van der Waals surface area contributed by atoms with Gasteiger partial charge in [0.1, 0.15) is 11.5 Å². The molecule has 0 aliphatic carbocycles. The molecule has 1 fully saturated rings. The van der Waals surface area contributed by atoms with Gasteiger partial charge in [0.2, 0.25) is 0 Å². The molecule has 2 rings (SSSR count). The van der Waals surface area contributed by atoms with Crippen LogP contribution >= 0.6 is 0 Å². The van der Waals surface area contributed by atoms with E-state index < -0.39 is 0 Å². The molecule has 1 aromatic rings. The summed E-state index contributed by atoms with van der Waals surface area (Å²) in [6.45, 7) is 6.58. The first kappa shape index (κ1) is 12.8. The van der Waals surface area contributed by atoms with Crippen molar-refractivity contribution in [2.75, 3.05) is 45.1 Å². The van der Waals surface area contributed by atoms with E-state index in [0.29, 0.717) is 11.5 Å². The van der Waals surface area contributed by atoms with Crippen molar-refractivity contribution >= 4 is 11.7 Å². The number of piperazine rings is 1. The summed E-state index contributed by atoms with van der Waals surface area (Å²) in [4.78, 5) is 24.6. The van der Waals surface area contributed by atoms with Crippen molar-refractivity contribution in [1.82, 2.24) is 19.8 Å². The maximum Gasteiger partial charge on any atom is 0.274 e. The van der Waals surface area contributed by atoms with E-state index in [4.69, 9.17) is 0 Å². The summed E-state index contributed by atoms with van der Waals surface area (Å²) in [6.07, 6.45) is 3.11. The fraction of sp³-hybridized carbons (Fsp3) is 0.583. The molecule has 2 heterocycles. The summed E-state index contributed by atoms with van der Waals surface area (Å²) >= 11 is 0. The van der Waals surface area contributed by atoms with Crippen LogP contribution in [0.1, 0.15) is 17.4 Å².